The summed E-state index contributed by atoms with van der Waals surface area (Å²) in [7, 11) is 0. The van der Waals surface area contributed by atoms with Crippen LogP contribution in [-0.4, -0.2) is 18.1 Å². The second-order valence-electron chi connectivity index (χ2n) is 3.46. The molecule has 2 rings (SSSR count). The van der Waals surface area contributed by atoms with E-state index in [1.54, 1.807) is 17.5 Å². The second kappa shape index (κ2) is 6.13. The van der Waals surface area contributed by atoms with E-state index in [0.717, 1.165) is 44.3 Å². The molecule has 0 unspecified atom stereocenters. The third kappa shape index (κ3) is 3.40. The Labute approximate surface area is 121 Å². The summed E-state index contributed by atoms with van der Waals surface area (Å²) in [5.74, 6) is 1.58. The van der Waals surface area contributed by atoms with E-state index in [-0.39, 0.29) is 0 Å². The van der Waals surface area contributed by atoms with E-state index in [1.807, 2.05) is 6.07 Å². The summed E-state index contributed by atoms with van der Waals surface area (Å²) in [5, 5.41) is 3.25. The molecule has 17 heavy (non-hydrogen) atoms. The van der Waals surface area contributed by atoms with Crippen molar-refractivity contribution < 1.29 is 4.42 Å². The number of aromatic nitrogens is 1. The highest BCUT2D eigenvalue weighted by molar-refractivity contribution is 9.12. The molecule has 0 amide bonds. The highest BCUT2D eigenvalue weighted by Crippen LogP contribution is 2.38. The third-order valence-corrected chi connectivity index (χ3v) is 4.58. The Hall–Kier alpha value is -0.170. The fourth-order valence-electron chi connectivity index (χ4n) is 1.43. The minimum Gasteiger partial charge on any atom is -0.441 e. The lowest BCUT2D eigenvalue weighted by molar-refractivity contribution is 0.497. The van der Waals surface area contributed by atoms with Gasteiger partial charge in [0.05, 0.1) is 13.8 Å². The van der Waals surface area contributed by atoms with Crippen LogP contribution in [-0.2, 0) is 6.42 Å². The molecule has 0 atom stereocenters. The number of likely N-dealkylation sites (N-methyl/N-ethyl adjacent to an activating group) is 1. The van der Waals surface area contributed by atoms with Gasteiger partial charge in [-0.1, -0.05) is 6.92 Å². The van der Waals surface area contributed by atoms with Gasteiger partial charge in [0.15, 0.2) is 11.7 Å². The molecular weight excluding hydrogens is 368 g/mol. The van der Waals surface area contributed by atoms with Gasteiger partial charge in [-0.25, -0.2) is 4.98 Å². The Morgan fingerprint density at radius 1 is 1.47 bits per heavy atom. The normalized spacial score (nSPS) is 11.0. The van der Waals surface area contributed by atoms with Crippen molar-refractivity contribution in [3.05, 3.63) is 25.7 Å². The van der Waals surface area contributed by atoms with Crippen molar-refractivity contribution in [3.63, 3.8) is 0 Å². The maximum Gasteiger partial charge on any atom is 0.196 e. The summed E-state index contributed by atoms with van der Waals surface area (Å²) in [6, 6.07) is 2.03. The monoisotopic (exact) mass is 378 g/mol. The maximum atomic E-state index is 5.72. The molecule has 2 aromatic heterocycles. The average molecular weight is 380 g/mol. The molecule has 0 spiro atoms. The number of hydrogen-bond acceptors (Lipinski definition) is 4. The molecule has 1 N–H and O–H groups in total. The first kappa shape index (κ1) is 13.3. The highest BCUT2D eigenvalue weighted by atomic mass is 79.9. The lowest BCUT2D eigenvalue weighted by Crippen LogP contribution is -2.16. The van der Waals surface area contributed by atoms with Gasteiger partial charge in [0.2, 0.25) is 0 Å². The molecule has 0 aliphatic carbocycles. The van der Waals surface area contributed by atoms with E-state index in [4.69, 9.17) is 4.42 Å². The van der Waals surface area contributed by atoms with Gasteiger partial charge in [0.25, 0.3) is 0 Å². The van der Waals surface area contributed by atoms with Crippen LogP contribution in [0, 0.1) is 0 Å². The molecule has 0 saturated carbocycles. The summed E-state index contributed by atoms with van der Waals surface area (Å²) in [6.07, 6.45) is 2.59. The molecule has 2 aromatic rings. The van der Waals surface area contributed by atoms with Crippen molar-refractivity contribution >= 4 is 43.2 Å². The van der Waals surface area contributed by atoms with E-state index in [9.17, 15) is 0 Å². The standard InChI is InChI=1S/C11H12Br2N2OS/c1-2-14-4-3-10-15-6-8(16-10)7-5-9(12)17-11(7)13/h5-6,14H,2-4H2,1H3. The van der Waals surface area contributed by atoms with Gasteiger partial charge in [0, 0.05) is 18.5 Å². The zero-order chi connectivity index (χ0) is 12.3. The number of nitrogens with one attached hydrogen (secondary N) is 1. The number of oxazole rings is 1. The molecule has 3 nitrogen and oxygen atoms in total. The molecule has 0 aliphatic rings. The Kier molecular flexibility index (Phi) is 4.78. The molecule has 0 aromatic carbocycles. The molecule has 0 fully saturated rings. The largest absolute Gasteiger partial charge is 0.441 e. The summed E-state index contributed by atoms with van der Waals surface area (Å²) in [6.45, 7) is 3.95. The van der Waals surface area contributed by atoms with Crippen LogP contribution < -0.4 is 5.32 Å². The van der Waals surface area contributed by atoms with Crippen LogP contribution in [0.4, 0.5) is 0 Å². The van der Waals surface area contributed by atoms with E-state index < -0.39 is 0 Å². The second-order valence-corrected chi connectivity index (χ2v) is 7.21. The maximum absolute atomic E-state index is 5.72. The smallest absolute Gasteiger partial charge is 0.196 e. The van der Waals surface area contributed by atoms with Gasteiger partial charge in [0.1, 0.15) is 0 Å². The molecule has 2 heterocycles. The summed E-state index contributed by atoms with van der Waals surface area (Å²) in [4.78, 5) is 4.28. The van der Waals surface area contributed by atoms with E-state index >= 15 is 0 Å². The molecule has 0 bridgehead atoms. The quantitative estimate of drug-likeness (QED) is 0.795. The Balaban J connectivity index is 2.10. The van der Waals surface area contributed by atoms with Crippen LogP contribution in [0.5, 0.6) is 0 Å². The van der Waals surface area contributed by atoms with Gasteiger partial charge >= 0.3 is 0 Å². The molecular formula is C11H12Br2N2OS. The Morgan fingerprint density at radius 3 is 2.94 bits per heavy atom. The zero-order valence-electron chi connectivity index (χ0n) is 9.30. The number of hydrogen-bond donors (Lipinski definition) is 1. The highest BCUT2D eigenvalue weighted by Gasteiger charge is 2.12. The Bertz CT molecular complexity index is 495. The SMILES string of the molecule is CCNCCc1ncc(-c2cc(Br)sc2Br)o1. The van der Waals surface area contributed by atoms with E-state index in [1.165, 1.54) is 0 Å². The molecule has 92 valence electrons. The fourth-order valence-corrected chi connectivity index (χ4v) is 4.25. The van der Waals surface area contributed by atoms with Crippen molar-refractivity contribution in [2.45, 2.75) is 13.3 Å². The Morgan fingerprint density at radius 2 is 2.29 bits per heavy atom. The molecule has 0 aliphatic heterocycles. The van der Waals surface area contributed by atoms with Crippen LogP contribution in [0.25, 0.3) is 11.3 Å². The van der Waals surface area contributed by atoms with Crippen LogP contribution >= 0.6 is 43.2 Å². The van der Waals surface area contributed by atoms with Gasteiger partial charge in [-0.2, -0.15) is 0 Å². The zero-order valence-corrected chi connectivity index (χ0v) is 13.3. The first-order valence-corrected chi connectivity index (χ1v) is 7.71. The van der Waals surface area contributed by atoms with Crippen LogP contribution in [0.2, 0.25) is 0 Å². The minimum atomic E-state index is 0.773. The summed E-state index contributed by atoms with van der Waals surface area (Å²) in [5.41, 5.74) is 1.05. The fraction of sp³-hybridized carbons (Fsp3) is 0.364. The topological polar surface area (TPSA) is 38.1 Å². The number of thiophene rings is 1. The van der Waals surface area contributed by atoms with Crippen molar-refractivity contribution in [2.24, 2.45) is 0 Å². The van der Waals surface area contributed by atoms with Crippen LogP contribution in [0.15, 0.2) is 24.3 Å². The van der Waals surface area contributed by atoms with E-state index in [2.05, 4.69) is 49.1 Å². The minimum absolute atomic E-state index is 0.773. The van der Waals surface area contributed by atoms with Crippen molar-refractivity contribution in [1.82, 2.24) is 10.3 Å². The molecule has 6 heteroatoms. The van der Waals surface area contributed by atoms with Crippen LogP contribution in [0.3, 0.4) is 0 Å². The average Bonchev–Trinajstić information content (AvgIpc) is 2.86. The lowest BCUT2D eigenvalue weighted by atomic mass is 10.3. The summed E-state index contributed by atoms with van der Waals surface area (Å²) < 4.78 is 7.84. The van der Waals surface area contributed by atoms with Crippen LogP contribution in [0.1, 0.15) is 12.8 Å². The summed E-state index contributed by atoms with van der Waals surface area (Å²) >= 11 is 8.60. The number of nitrogens with zero attached hydrogens (tertiary/aromatic N) is 1. The molecule has 0 saturated heterocycles. The third-order valence-electron chi connectivity index (χ3n) is 2.24. The van der Waals surface area contributed by atoms with Crippen molar-refractivity contribution in [2.75, 3.05) is 13.1 Å². The van der Waals surface area contributed by atoms with Crippen molar-refractivity contribution in [3.8, 4) is 11.3 Å². The van der Waals surface area contributed by atoms with Gasteiger partial charge < -0.3 is 9.73 Å². The van der Waals surface area contributed by atoms with Gasteiger partial charge in [-0.3, -0.25) is 0 Å². The number of halogens is 2. The van der Waals surface area contributed by atoms with Gasteiger partial charge in [-0.15, -0.1) is 11.3 Å². The molecule has 0 radical (unpaired) electrons. The lowest BCUT2D eigenvalue weighted by Gasteiger charge is -1.97. The predicted octanol–water partition coefficient (Wildman–Crippen LogP) is 4.08. The van der Waals surface area contributed by atoms with E-state index in [0.29, 0.717) is 0 Å². The number of rotatable bonds is 5. The predicted molar refractivity (Wildman–Crippen MR) is 77.5 cm³/mol. The van der Waals surface area contributed by atoms with Crippen molar-refractivity contribution in [1.29, 1.82) is 0 Å². The van der Waals surface area contributed by atoms with Gasteiger partial charge in [-0.05, 0) is 44.5 Å². The first-order valence-electron chi connectivity index (χ1n) is 5.31. The first-order chi connectivity index (χ1) is 8.20.